The molecular formula is C23H16N6S. The van der Waals surface area contributed by atoms with Gasteiger partial charge in [-0.25, -0.2) is 4.98 Å². The first-order valence-electron chi connectivity index (χ1n) is 9.47. The van der Waals surface area contributed by atoms with Crippen LogP contribution in [0.5, 0.6) is 0 Å². The zero-order valence-electron chi connectivity index (χ0n) is 15.8. The number of H-pyrrole nitrogens is 2. The number of nitrogens with two attached hydrogens (primary N) is 1. The van der Waals surface area contributed by atoms with Crippen LogP contribution >= 0.6 is 11.3 Å². The van der Waals surface area contributed by atoms with E-state index in [0.29, 0.717) is 5.69 Å². The van der Waals surface area contributed by atoms with Crippen molar-refractivity contribution in [3.8, 4) is 33.8 Å². The Morgan fingerprint density at radius 1 is 0.933 bits per heavy atom. The van der Waals surface area contributed by atoms with Crippen molar-refractivity contribution in [2.24, 2.45) is 0 Å². The Balaban J connectivity index is 1.52. The largest absolute Gasteiger partial charge is 0.397 e. The Morgan fingerprint density at radius 3 is 2.77 bits per heavy atom. The summed E-state index contributed by atoms with van der Waals surface area (Å²) in [5, 5.41) is 13.1. The van der Waals surface area contributed by atoms with E-state index < -0.39 is 0 Å². The number of nitrogens with zero attached hydrogens (tertiary/aromatic N) is 3. The van der Waals surface area contributed by atoms with Gasteiger partial charge in [0.2, 0.25) is 0 Å². The van der Waals surface area contributed by atoms with Gasteiger partial charge in [-0.1, -0.05) is 12.1 Å². The second-order valence-corrected chi connectivity index (χ2v) is 7.91. The van der Waals surface area contributed by atoms with Crippen molar-refractivity contribution >= 4 is 39.0 Å². The standard InChI is InChI=1S/C23H16N6S/c24-15-8-14(10-25-11-15)18-4-5-20-22(27-18)23(29-28-20)21-9-17-16(13-6-7-30-12-13)2-1-3-19(17)26-21/h1-12,26H,24H2,(H,28,29). The summed E-state index contributed by atoms with van der Waals surface area (Å²) in [5.41, 5.74) is 15.1. The topological polar surface area (TPSA) is 96.3 Å². The molecule has 6 rings (SSSR count). The van der Waals surface area contributed by atoms with Gasteiger partial charge in [0, 0.05) is 28.9 Å². The van der Waals surface area contributed by atoms with Crippen LogP contribution in [0.3, 0.4) is 0 Å². The Morgan fingerprint density at radius 2 is 1.90 bits per heavy atom. The van der Waals surface area contributed by atoms with Crippen molar-refractivity contribution in [1.82, 2.24) is 25.1 Å². The van der Waals surface area contributed by atoms with Gasteiger partial charge in [-0.3, -0.25) is 10.1 Å². The van der Waals surface area contributed by atoms with Gasteiger partial charge in [0.25, 0.3) is 0 Å². The number of aromatic amines is 2. The number of pyridine rings is 2. The van der Waals surface area contributed by atoms with Gasteiger partial charge in [-0.2, -0.15) is 16.4 Å². The number of aromatic nitrogens is 5. The highest BCUT2D eigenvalue weighted by molar-refractivity contribution is 7.08. The number of anilines is 1. The molecule has 0 saturated carbocycles. The zero-order chi connectivity index (χ0) is 20.1. The Kier molecular flexibility index (Phi) is 3.69. The lowest BCUT2D eigenvalue weighted by Gasteiger charge is -2.02. The monoisotopic (exact) mass is 408 g/mol. The van der Waals surface area contributed by atoms with Crippen molar-refractivity contribution in [3.05, 3.63) is 71.7 Å². The van der Waals surface area contributed by atoms with Crippen LogP contribution < -0.4 is 5.73 Å². The molecule has 30 heavy (non-hydrogen) atoms. The van der Waals surface area contributed by atoms with E-state index in [2.05, 4.69) is 61.3 Å². The summed E-state index contributed by atoms with van der Waals surface area (Å²) >= 11 is 1.70. The number of rotatable bonds is 3. The molecule has 0 atom stereocenters. The summed E-state index contributed by atoms with van der Waals surface area (Å²) in [6.07, 6.45) is 3.39. The summed E-state index contributed by atoms with van der Waals surface area (Å²) < 4.78 is 0. The molecule has 144 valence electrons. The van der Waals surface area contributed by atoms with Crippen LogP contribution in [0.2, 0.25) is 0 Å². The van der Waals surface area contributed by atoms with Crippen LogP contribution in [0, 0.1) is 0 Å². The molecule has 0 saturated heterocycles. The molecule has 0 spiro atoms. The van der Waals surface area contributed by atoms with Crippen LogP contribution in [0.1, 0.15) is 0 Å². The molecule has 6 aromatic rings. The molecule has 0 amide bonds. The second-order valence-electron chi connectivity index (χ2n) is 7.13. The van der Waals surface area contributed by atoms with Crippen LogP contribution in [0.25, 0.3) is 55.7 Å². The number of thiophene rings is 1. The van der Waals surface area contributed by atoms with E-state index >= 15 is 0 Å². The number of fused-ring (bicyclic) bond motifs is 2. The van der Waals surface area contributed by atoms with E-state index in [1.54, 1.807) is 23.7 Å². The molecule has 1 aromatic carbocycles. The minimum absolute atomic E-state index is 0.610. The first-order chi connectivity index (χ1) is 14.8. The van der Waals surface area contributed by atoms with E-state index in [-0.39, 0.29) is 0 Å². The van der Waals surface area contributed by atoms with Gasteiger partial charge in [0.05, 0.1) is 22.6 Å². The molecule has 0 radical (unpaired) electrons. The molecule has 7 heteroatoms. The summed E-state index contributed by atoms with van der Waals surface area (Å²) in [6.45, 7) is 0. The van der Waals surface area contributed by atoms with E-state index in [1.807, 2.05) is 18.2 Å². The molecule has 0 aliphatic rings. The lowest BCUT2D eigenvalue weighted by Crippen LogP contribution is -1.90. The van der Waals surface area contributed by atoms with Crippen LogP contribution in [-0.2, 0) is 0 Å². The highest BCUT2D eigenvalue weighted by Gasteiger charge is 2.15. The molecule has 5 aromatic heterocycles. The smallest absolute Gasteiger partial charge is 0.135 e. The van der Waals surface area contributed by atoms with Gasteiger partial charge in [-0.15, -0.1) is 0 Å². The fraction of sp³-hybridized carbons (Fsp3) is 0. The van der Waals surface area contributed by atoms with Crippen molar-refractivity contribution < 1.29 is 0 Å². The molecule has 0 bridgehead atoms. The predicted molar refractivity (Wildman–Crippen MR) is 122 cm³/mol. The molecule has 0 unspecified atom stereocenters. The SMILES string of the molecule is Nc1cncc(-c2ccc3[nH]nc(-c4cc5c(-c6ccsc6)cccc5[nH]4)c3n2)c1. The number of hydrogen-bond donors (Lipinski definition) is 3. The maximum atomic E-state index is 5.89. The van der Waals surface area contributed by atoms with Crippen molar-refractivity contribution in [3.63, 3.8) is 0 Å². The summed E-state index contributed by atoms with van der Waals surface area (Å²) in [4.78, 5) is 12.5. The number of hydrogen-bond acceptors (Lipinski definition) is 5. The molecular weight excluding hydrogens is 392 g/mol. The van der Waals surface area contributed by atoms with Crippen molar-refractivity contribution in [2.45, 2.75) is 0 Å². The van der Waals surface area contributed by atoms with Gasteiger partial charge in [0.1, 0.15) is 11.2 Å². The second kappa shape index (κ2) is 6.53. The molecule has 0 fully saturated rings. The maximum Gasteiger partial charge on any atom is 0.135 e. The third-order valence-electron chi connectivity index (χ3n) is 5.21. The predicted octanol–water partition coefficient (Wildman–Crippen LogP) is 5.48. The fourth-order valence-corrected chi connectivity index (χ4v) is 4.45. The number of benzene rings is 1. The van der Waals surface area contributed by atoms with Crippen molar-refractivity contribution in [2.75, 3.05) is 5.73 Å². The van der Waals surface area contributed by atoms with Crippen LogP contribution in [0.4, 0.5) is 5.69 Å². The molecule has 5 heterocycles. The molecule has 0 aliphatic carbocycles. The first kappa shape index (κ1) is 16.9. The van der Waals surface area contributed by atoms with Gasteiger partial charge >= 0.3 is 0 Å². The van der Waals surface area contributed by atoms with Crippen LogP contribution in [-0.4, -0.2) is 25.1 Å². The molecule has 4 N–H and O–H groups in total. The molecule has 6 nitrogen and oxygen atoms in total. The van der Waals surface area contributed by atoms with Crippen molar-refractivity contribution in [1.29, 1.82) is 0 Å². The van der Waals surface area contributed by atoms with Gasteiger partial charge in [-0.05, 0) is 58.3 Å². The normalized spacial score (nSPS) is 11.5. The van der Waals surface area contributed by atoms with Gasteiger partial charge < -0.3 is 10.7 Å². The van der Waals surface area contributed by atoms with E-state index in [4.69, 9.17) is 10.7 Å². The quantitative estimate of drug-likeness (QED) is 0.361. The zero-order valence-corrected chi connectivity index (χ0v) is 16.6. The summed E-state index contributed by atoms with van der Waals surface area (Å²) in [7, 11) is 0. The van der Waals surface area contributed by atoms with Crippen LogP contribution in [0.15, 0.2) is 71.7 Å². The maximum absolute atomic E-state index is 5.89. The van der Waals surface area contributed by atoms with E-state index in [0.717, 1.165) is 39.2 Å². The minimum atomic E-state index is 0.610. The molecule has 0 aliphatic heterocycles. The number of nitrogen functional groups attached to an aromatic ring is 1. The summed E-state index contributed by atoms with van der Waals surface area (Å²) in [6, 6.07) is 16.4. The highest BCUT2D eigenvalue weighted by atomic mass is 32.1. The fourth-order valence-electron chi connectivity index (χ4n) is 3.80. The van der Waals surface area contributed by atoms with E-state index in [9.17, 15) is 0 Å². The highest BCUT2D eigenvalue weighted by Crippen LogP contribution is 2.34. The lowest BCUT2D eigenvalue weighted by molar-refractivity contribution is 1.12. The summed E-state index contributed by atoms with van der Waals surface area (Å²) in [5.74, 6) is 0. The first-order valence-corrected chi connectivity index (χ1v) is 10.4. The lowest BCUT2D eigenvalue weighted by atomic mass is 10.0. The van der Waals surface area contributed by atoms with Gasteiger partial charge in [0.15, 0.2) is 0 Å². The number of nitrogens with one attached hydrogen (secondary N) is 2. The average Bonchev–Trinajstić information content (AvgIpc) is 3.51. The average molecular weight is 408 g/mol. The Labute approximate surface area is 175 Å². The third kappa shape index (κ3) is 2.67. The third-order valence-corrected chi connectivity index (χ3v) is 5.90. The van der Waals surface area contributed by atoms with E-state index in [1.165, 1.54) is 16.5 Å². The Bertz CT molecular complexity index is 1510. The minimum Gasteiger partial charge on any atom is -0.397 e. The Hall–Kier alpha value is -3.97.